The standard InChI is InChI=1S/C17H23Br2NO3S/c1-16(2,3)9-17(4,5)20-15(24)23-13-11(18)7-10(8-12(13)19)14(21)22-6/h7-8H,9H2,1-6H3,(H,20,24). The topological polar surface area (TPSA) is 47.6 Å². The third kappa shape index (κ3) is 6.69. The molecule has 1 aromatic rings. The number of carbonyl (C=O) groups excluding carboxylic acids is 1. The van der Waals surface area contributed by atoms with Crippen LogP contribution in [0.2, 0.25) is 0 Å². The van der Waals surface area contributed by atoms with Crippen molar-refractivity contribution in [3.8, 4) is 5.75 Å². The molecule has 0 amide bonds. The van der Waals surface area contributed by atoms with Crippen LogP contribution < -0.4 is 10.1 Å². The highest BCUT2D eigenvalue weighted by Crippen LogP contribution is 2.35. The molecule has 0 fully saturated rings. The molecule has 4 nitrogen and oxygen atoms in total. The molecule has 0 saturated heterocycles. The van der Waals surface area contributed by atoms with Crippen molar-refractivity contribution in [2.75, 3.05) is 7.11 Å². The molecule has 0 aliphatic rings. The first-order valence-electron chi connectivity index (χ1n) is 7.42. The second-order valence-electron chi connectivity index (χ2n) is 7.40. The second-order valence-corrected chi connectivity index (χ2v) is 9.48. The summed E-state index contributed by atoms with van der Waals surface area (Å²) < 4.78 is 11.7. The largest absolute Gasteiger partial charge is 0.465 e. The molecular weight excluding hydrogens is 458 g/mol. The number of carbonyl (C=O) groups is 1. The van der Waals surface area contributed by atoms with Gasteiger partial charge in [-0.05, 0) is 81.9 Å². The fraction of sp³-hybridized carbons (Fsp3) is 0.529. The van der Waals surface area contributed by atoms with Gasteiger partial charge >= 0.3 is 5.97 Å². The second kappa shape index (κ2) is 8.15. The Balaban J connectivity index is 2.90. The molecule has 0 atom stereocenters. The molecule has 0 radical (unpaired) electrons. The minimum Gasteiger partial charge on any atom is -0.465 e. The average molecular weight is 481 g/mol. The normalized spacial score (nSPS) is 11.8. The first-order chi connectivity index (χ1) is 10.8. The number of esters is 1. The summed E-state index contributed by atoms with van der Waals surface area (Å²) >= 11 is 12.1. The summed E-state index contributed by atoms with van der Waals surface area (Å²) in [6.07, 6.45) is 0.924. The molecule has 0 spiro atoms. The third-order valence-corrected chi connectivity index (χ3v) is 4.39. The molecule has 0 unspecified atom stereocenters. The monoisotopic (exact) mass is 479 g/mol. The van der Waals surface area contributed by atoms with Gasteiger partial charge in [-0.25, -0.2) is 4.79 Å². The maximum absolute atomic E-state index is 11.6. The van der Waals surface area contributed by atoms with E-state index in [0.29, 0.717) is 20.3 Å². The van der Waals surface area contributed by atoms with Crippen LogP contribution in [0.5, 0.6) is 5.75 Å². The highest BCUT2D eigenvalue weighted by Gasteiger charge is 2.27. The number of rotatable bonds is 4. The Morgan fingerprint density at radius 1 is 1.17 bits per heavy atom. The molecule has 0 heterocycles. The number of methoxy groups -OCH3 is 1. The molecule has 0 aliphatic heterocycles. The number of benzene rings is 1. The Kier molecular flexibility index (Phi) is 7.26. The van der Waals surface area contributed by atoms with Crippen molar-refractivity contribution in [3.63, 3.8) is 0 Å². The van der Waals surface area contributed by atoms with Gasteiger partial charge in [0.25, 0.3) is 5.17 Å². The Bertz CT molecular complexity index is 616. The minimum atomic E-state index is -0.421. The van der Waals surface area contributed by atoms with Gasteiger partial charge in [-0.15, -0.1) is 0 Å². The Labute approximate surface area is 165 Å². The molecule has 1 aromatic carbocycles. The van der Waals surface area contributed by atoms with Crippen molar-refractivity contribution < 1.29 is 14.3 Å². The summed E-state index contributed by atoms with van der Waals surface area (Å²) in [4.78, 5) is 11.6. The van der Waals surface area contributed by atoms with Crippen LogP contribution in [0.25, 0.3) is 0 Å². The van der Waals surface area contributed by atoms with Gasteiger partial charge in [-0.1, -0.05) is 20.8 Å². The zero-order valence-corrected chi connectivity index (χ0v) is 18.7. The Morgan fingerprint density at radius 3 is 2.08 bits per heavy atom. The van der Waals surface area contributed by atoms with Gasteiger partial charge in [0.2, 0.25) is 0 Å². The van der Waals surface area contributed by atoms with E-state index >= 15 is 0 Å². The van der Waals surface area contributed by atoms with Crippen LogP contribution in [0.1, 0.15) is 51.4 Å². The number of halogens is 2. The van der Waals surface area contributed by atoms with Crippen molar-refractivity contribution in [1.29, 1.82) is 0 Å². The first-order valence-corrected chi connectivity index (χ1v) is 9.41. The molecule has 7 heteroatoms. The van der Waals surface area contributed by atoms with E-state index in [4.69, 9.17) is 21.7 Å². The molecule has 134 valence electrons. The van der Waals surface area contributed by atoms with Gasteiger partial charge in [-0.3, -0.25) is 0 Å². The van der Waals surface area contributed by atoms with E-state index in [1.165, 1.54) is 7.11 Å². The summed E-state index contributed by atoms with van der Waals surface area (Å²) in [5.41, 5.74) is 0.367. The molecule has 1 rings (SSSR count). The summed E-state index contributed by atoms with van der Waals surface area (Å²) in [6.45, 7) is 10.7. The minimum absolute atomic E-state index is 0.162. The van der Waals surface area contributed by atoms with E-state index in [1.54, 1.807) is 12.1 Å². The number of thiocarbonyl (C=S) groups is 1. The number of hydrogen-bond acceptors (Lipinski definition) is 4. The molecule has 0 aromatic heterocycles. The summed E-state index contributed by atoms with van der Waals surface area (Å²) in [5, 5.41) is 3.51. The third-order valence-electron chi connectivity index (χ3n) is 3.03. The maximum atomic E-state index is 11.6. The quantitative estimate of drug-likeness (QED) is 0.457. The van der Waals surface area contributed by atoms with E-state index < -0.39 is 5.97 Å². The van der Waals surface area contributed by atoms with E-state index in [-0.39, 0.29) is 16.1 Å². The predicted octanol–water partition coefficient (Wildman–Crippen LogP) is 5.47. The van der Waals surface area contributed by atoms with Gasteiger partial charge in [0.1, 0.15) is 0 Å². The number of hydrogen-bond donors (Lipinski definition) is 1. The first kappa shape index (κ1) is 21.4. The molecule has 0 bridgehead atoms. The zero-order valence-electron chi connectivity index (χ0n) is 14.8. The van der Waals surface area contributed by atoms with Gasteiger partial charge in [0.15, 0.2) is 5.75 Å². The average Bonchev–Trinajstić information content (AvgIpc) is 2.38. The van der Waals surface area contributed by atoms with Gasteiger partial charge in [0.05, 0.1) is 21.6 Å². The van der Waals surface area contributed by atoms with E-state index in [1.807, 2.05) is 0 Å². The number of ether oxygens (including phenoxy) is 2. The smallest absolute Gasteiger partial charge is 0.337 e. The van der Waals surface area contributed by atoms with Crippen molar-refractivity contribution in [2.45, 2.75) is 46.6 Å². The van der Waals surface area contributed by atoms with Crippen molar-refractivity contribution in [2.24, 2.45) is 5.41 Å². The Morgan fingerprint density at radius 2 is 1.67 bits per heavy atom. The van der Waals surface area contributed by atoms with Gasteiger partial charge in [-0.2, -0.15) is 0 Å². The summed E-state index contributed by atoms with van der Waals surface area (Å²) in [7, 11) is 1.34. The molecule has 0 aliphatic carbocycles. The fourth-order valence-electron chi connectivity index (χ4n) is 2.66. The lowest BCUT2D eigenvalue weighted by Crippen LogP contribution is -2.46. The molecule has 24 heavy (non-hydrogen) atoms. The van der Waals surface area contributed by atoms with E-state index in [2.05, 4.69) is 71.8 Å². The molecule has 0 saturated carbocycles. The number of nitrogens with one attached hydrogen (secondary N) is 1. The summed E-state index contributed by atoms with van der Waals surface area (Å²) in [6, 6.07) is 3.27. The van der Waals surface area contributed by atoms with Crippen LogP contribution in [-0.4, -0.2) is 23.8 Å². The summed E-state index contributed by atoms with van der Waals surface area (Å²) in [5.74, 6) is 0.0849. The van der Waals surface area contributed by atoms with E-state index in [0.717, 1.165) is 6.42 Å². The zero-order chi connectivity index (χ0) is 18.7. The van der Waals surface area contributed by atoms with Crippen LogP contribution in [0.3, 0.4) is 0 Å². The lowest BCUT2D eigenvalue weighted by molar-refractivity contribution is 0.0600. The predicted molar refractivity (Wildman–Crippen MR) is 108 cm³/mol. The maximum Gasteiger partial charge on any atom is 0.337 e. The van der Waals surface area contributed by atoms with Crippen molar-refractivity contribution in [1.82, 2.24) is 5.32 Å². The van der Waals surface area contributed by atoms with Crippen LogP contribution in [-0.2, 0) is 4.74 Å². The SMILES string of the molecule is COC(=O)c1cc(Br)c(OC(=S)NC(C)(C)CC(C)(C)C)c(Br)c1. The lowest BCUT2D eigenvalue weighted by Gasteiger charge is -2.33. The highest BCUT2D eigenvalue weighted by molar-refractivity contribution is 9.11. The van der Waals surface area contributed by atoms with Gasteiger partial charge < -0.3 is 14.8 Å². The molecular formula is C17H23Br2NO3S. The van der Waals surface area contributed by atoms with Crippen LogP contribution in [0, 0.1) is 5.41 Å². The molecule has 1 N–H and O–H groups in total. The highest BCUT2D eigenvalue weighted by atomic mass is 79.9. The fourth-order valence-corrected chi connectivity index (χ4v) is 4.37. The Hall–Kier alpha value is -0.660. The van der Waals surface area contributed by atoms with Crippen LogP contribution in [0.15, 0.2) is 21.1 Å². The van der Waals surface area contributed by atoms with Crippen molar-refractivity contribution in [3.05, 3.63) is 26.6 Å². The van der Waals surface area contributed by atoms with Gasteiger partial charge in [0, 0.05) is 5.54 Å². The lowest BCUT2D eigenvalue weighted by atomic mass is 9.82. The van der Waals surface area contributed by atoms with E-state index in [9.17, 15) is 4.79 Å². The van der Waals surface area contributed by atoms with Crippen molar-refractivity contribution >= 4 is 55.2 Å². The van der Waals surface area contributed by atoms with Crippen LogP contribution >= 0.6 is 44.1 Å². The van der Waals surface area contributed by atoms with Crippen LogP contribution in [0.4, 0.5) is 0 Å².